The molecule has 1 aromatic rings. The quantitative estimate of drug-likeness (QED) is 0.925. The zero-order valence-electron chi connectivity index (χ0n) is 11.3. The molecule has 0 radical (unpaired) electrons. The second-order valence-electron chi connectivity index (χ2n) is 5.11. The Kier molecular flexibility index (Phi) is 4.32. The maximum atomic E-state index is 11.3. The molecule has 0 saturated carbocycles. The first-order valence-electron chi connectivity index (χ1n) is 6.44. The van der Waals surface area contributed by atoms with Crippen molar-refractivity contribution in [3.63, 3.8) is 0 Å². The van der Waals surface area contributed by atoms with Gasteiger partial charge >= 0.3 is 5.97 Å². The van der Waals surface area contributed by atoms with Gasteiger partial charge in [0.15, 0.2) is 0 Å². The van der Waals surface area contributed by atoms with Gasteiger partial charge in [-0.3, -0.25) is 0 Å². The van der Waals surface area contributed by atoms with E-state index in [0.717, 1.165) is 25.9 Å². The minimum absolute atomic E-state index is 0.267. The summed E-state index contributed by atoms with van der Waals surface area (Å²) in [6.45, 7) is 2.03. The summed E-state index contributed by atoms with van der Waals surface area (Å²) in [6.07, 6.45) is 2.18. The van der Waals surface area contributed by atoms with Crippen LogP contribution in [-0.4, -0.2) is 49.2 Å². The van der Waals surface area contributed by atoms with Crippen molar-refractivity contribution in [2.45, 2.75) is 18.9 Å². The molecule has 1 atom stereocenters. The summed E-state index contributed by atoms with van der Waals surface area (Å²) < 4.78 is 0. The fraction of sp³-hybridized carbons (Fsp3) is 0.500. The van der Waals surface area contributed by atoms with Gasteiger partial charge in [0.25, 0.3) is 0 Å². The highest BCUT2D eigenvalue weighted by Gasteiger charge is 2.25. The van der Waals surface area contributed by atoms with Crippen LogP contribution in [0.3, 0.4) is 0 Å². The van der Waals surface area contributed by atoms with Crippen molar-refractivity contribution in [2.75, 3.05) is 32.1 Å². The van der Waals surface area contributed by atoms with E-state index in [1.165, 1.54) is 0 Å². The van der Waals surface area contributed by atoms with Gasteiger partial charge in [-0.25, -0.2) is 4.79 Å². The lowest BCUT2D eigenvalue weighted by molar-refractivity contribution is 0.0697. The van der Waals surface area contributed by atoms with E-state index in [-0.39, 0.29) is 5.56 Å². The molecule has 0 spiro atoms. The van der Waals surface area contributed by atoms with Crippen molar-refractivity contribution >= 4 is 23.3 Å². The van der Waals surface area contributed by atoms with E-state index in [0.29, 0.717) is 16.8 Å². The van der Waals surface area contributed by atoms with Gasteiger partial charge in [-0.15, -0.1) is 0 Å². The van der Waals surface area contributed by atoms with Gasteiger partial charge in [0.05, 0.1) is 16.3 Å². The summed E-state index contributed by atoms with van der Waals surface area (Å²) in [5.41, 5.74) is 0.889. The summed E-state index contributed by atoms with van der Waals surface area (Å²) in [5, 5.41) is 9.79. The number of hydrogen-bond donors (Lipinski definition) is 1. The third-order valence-electron chi connectivity index (χ3n) is 3.72. The number of carbonyl (C=O) groups is 1. The molecule has 1 fully saturated rings. The molecule has 1 aromatic carbocycles. The van der Waals surface area contributed by atoms with Crippen LogP contribution in [0.2, 0.25) is 5.02 Å². The summed E-state index contributed by atoms with van der Waals surface area (Å²) in [4.78, 5) is 15.6. The number of likely N-dealkylation sites (tertiary alicyclic amines) is 1. The zero-order valence-corrected chi connectivity index (χ0v) is 12.0. The van der Waals surface area contributed by atoms with Crippen LogP contribution in [0.1, 0.15) is 23.2 Å². The van der Waals surface area contributed by atoms with Gasteiger partial charge in [0.2, 0.25) is 0 Å². The number of hydrogen-bond acceptors (Lipinski definition) is 3. The van der Waals surface area contributed by atoms with E-state index in [1.54, 1.807) is 18.2 Å². The van der Waals surface area contributed by atoms with Crippen LogP contribution >= 0.6 is 11.6 Å². The van der Waals surface area contributed by atoms with Crippen LogP contribution in [0.15, 0.2) is 18.2 Å². The van der Waals surface area contributed by atoms with Crippen LogP contribution in [0, 0.1) is 0 Å². The van der Waals surface area contributed by atoms with E-state index < -0.39 is 5.97 Å². The highest BCUT2D eigenvalue weighted by atomic mass is 35.5. The summed E-state index contributed by atoms with van der Waals surface area (Å²) in [5.74, 6) is -0.937. The van der Waals surface area contributed by atoms with Gasteiger partial charge in [0, 0.05) is 19.6 Å². The monoisotopic (exact) mass is 282 g/mol. The van der Waals surface area contributed by atoms with E-state index >= 15 is 0 Å². The average molecular weight is 283 g/mol. The van der Waals surface area contributed by atoms with Crippen LogP contribution in [0.25, 0.3) is 0 Å². The molecule has 4 nitrogen and oxygen atoms in total. The number of nitrogens with zero attached hydrogens (tertiary/aromatic N) is 2. The van der Waals surface area contributed by atoms with Gasteiger partial charge in [-0.05, 0) is 38.6 Å². The molecule has 5 heteroatoms. The fourth-order valence-electron chi connectivity index (χ4n) is 2.68. The minimum Gasteiger partial charge on any atom is -0.478 e. The second kappa shape index (κ2) is 5.80. The van der Waals surface area contributed by atoms with E-state index in [4.69, 9.17) is 11.6 Å². The lowest BCUT2D eigenvalue weighted by atomic mass is 10.0. The highest BCUT2D eigenvalue weighted by Crippen LogP contribution is 2.32. The number of rotatable bonds is 3. The molecule has 0 aliphatic carbocycles. The van der Waals surface area contributed by atoms with Gasteiger partial charge in [0.1, 0.15) is 0 Å². The number of carboxylic acid groups (broad SMARTS) is 1. The lowest BCUT2D eigenvalue weighted by Crippen LogP contribution is -2.45. The molecule has 0 amide bonds. The predicted octanol–water partition coefficient (Wildman–Crippen LogP) is 2.57. The number of para-hydroxylation sites is 1. The molecular weight excluding hydrogens is 264 g/mol. The number of aromatic carboxylic acids is 1. The predicted molar refractivity (Wildman–Crippen MR) is 77.3 cm³/mol. The first-order valence-corrected chi connectivity index (χ1v) is 6.81. The van der Waals surface area contributed by atoms with Crippen molar-refractivity contribution in [2.24, 2.45) is 0 Å². The maximum Gasteiger partial charge on any atom is 0.337 e. The van der Waals surface area contributed by atoms with Crippen LogP contribution < -0.4 is 4.90 Å². The van der Waals surface area contributed by atoms with Crippen LogP contribution in [-0.2, 0) is 0 Å². The second-order valence-corrected chi connectivity index (χ2v) is 5.52. The Morgan fingerprint density at radius 1 is 1.53 bits per heavy atom. The summed E-state index contributed by atoms with van der Waals surface area (Å²) >= 11 is 6.21. The van der Waals surface area contributed by atoms with Crippen molar-refractivity contribution in [3.8, 4) is 0 Å². The number of piperidine rings is 1. The SMILES string of the molecule is CN1CCCC(N(C)c2c(Cl)cccc2C(=O)O)C1. The molecule has 1 aliphatic rings. The maximum absolute atomic E-state index is 11.3. The molecule has 1 N–H and O–H groups in total. The van der Waals surface area contributed by atoms with Crippen molar-refractivity contribution in [1.29, 1.82) is 0 Å². The van der Waals surface area contributed by atoms with Gasteiger partial charge in [-0.2, -0.15) is 0 Å². The number of halogens is 1. The molecule has 104 valence electrons. The van der Waals surface area contributed by atoms with E-state index in [2.05, 4.69) is 11.9 Å². The van der Waals surface area contributed by atoms with Crippen molar-refractivity contribution in [1.82, 2.24) is 4.90 Å². The van der Waals surface area contributed by atoms with Gasteiger partial charge in [-0.1, -0.05) is 17.7 Å². The van der Waals surface area contributed by atoms with E-state index in [1.807, 2.05) is 11.9 Å². The average Bonchev–Trinajstić information content (AvgIpc) is 2.37. The Morgan fingerprint density at radius 3 is 2.89 bits per heavy atom. The third kappa shape index (κ3) is 3.01. The number of carboxylic acids is 1. The first-order chi connectivity index (χ1) is 9.00. The molecule has 1 unspecified atom stereocenters. The summed E-state index contributed by atoms with van der Waals surface area (Å²) in [7, 11) is 4.02. The smallest absolute Gasteiger partial charge is 0.337 e. The molecule has 1 aliphatic heterocycles. The normalized spacial score (nSPS) is 20.3. The van der Waals surface area contributed by atoms with Crippen molar-refractivity contribution in [3.05, 3.63) is 28.8 Å². The van der Waals surface area contributed by atoms with E-state index in [9.17, 15) is 9.90 Å². The van der Waals surface area contributed by atoms with Gasteiger partial charge < -0.3 is 14.9 Å². The highest BCUT2D eigenvalue weighted by molar-refractivity contribution is 6.34. The van der Waals surface area contributed by atoms with Crippen molar-refractivity contribution < 1.29 is 9.90 Å². The Labute approximate surface area is 118 Å². The molecule has 0 bridgehead atoms. The molecule has 19 heavy (non-hydrogen) atoms. The summed E-state index contributed by atoms with van der Waals surface area (Å²) in [6, 6.07) is 5.33. The Balaban J connectivity index is 2.32. The molecule has 0 aromatic heterocycles. The van der Waals surface area contributed by atoms with Crippen LogP contribution in [0.4, 0.5) is 5.69 Å². The number of benzene rings is 1. The molecule has 2 rings (SSSR count). The minimum atomic E-state index is -0.937. The lowest BCUT2D eigenvalue weighted by Gasteiger charge is -2.38. The Morgan fingerprint density at radius 2 is 2.26 bits per heavy atom. The molecule has 1 heterocycles. The Bertz CT molecular complexity index is 479. The largest absolute Gasteiger partial charge is 0.478 e. The fourth-order valence-corrected chi connectivity index (χ4v) is 2.99. The molecule has 1 saturated heterocycles. The Hall–Kier alpha value is -1.26. The number of anilines is 1. The zero-order chi connectivity index (χ0) is 14.0. The van der Waals surface area contributed by atoms with Crippen LogP contribution in [0.5, 0.6) is 0 Å². The standard InChI is InChI=1S/C14H19ClN2O2/c1-16-8-4-5-10(9-16)17(2)13-11(14(18)19)6-3-7-12(13)15/h3,6-7,10H,4-5,8-9H2,1-2H3,(H,18,19). The number of likely N-dealkylation sites (N-methyl/N-ethyl adjacent to an activating group) is 2. The third-order valence-corrected chi connectivity index (χ3v) is 4.02. The molecular formula is C14H19ClN2O2. The topological polar surface area (TPSA) is 43.8 Å². The first kappa shape index (κ1) is 14.2.